The molecule has 6 aromatic carbocycles. The second-order valence-electron chi connectivity index (χ2n) is 14.4. The van der Waals surface area contributed by atoms with Gasteiger partial charge in [0.25, 0.3) is 0 Å². The number of allylic oxidation sites excluding steroid dienone is 1. The van der Waals surface area contributed by atoms with Crippen molar-refractivity contribution in [2.75, 3.05) is 5.75 Å². The molecule has 0 aromatic heterocycles. The van der Waals surface area contributed by atoms with E-state index in [0.717, 1.165) is 59.7 Å². The van der Waals surface area contributed by atoms with Gasteiger partial charge in [-0.05, 0) is 24.1 Å². The second-order valence-corrected chi connectivity index (χ2v) is 16.8. The van der Waals surface area contributed by atoms with E-state index in [9.17, 15) is 56.9 Å². The molecule has 0 aliphatic heterocycles. The van der Waals surface area contributed by atoms with Crippen LogP contribution in [0, 0.1) is 33.8 Å². The van der Waals surface area contributed by atoms with Crippen molar-refractivity contribution >= 4 is 37.9 Å². The molecule has 0 N–H and O–H groups in total. The van der Waals surface area contributed by atoms with Crippen molar-refractivity contribution in [2.45, 2.75) is 30.5 Å². The first-order valence-corrected chi connectivity index (χ1v) is 20.9. The van der Waals surface area contributed by atoms with Crippen LogP contribution >= 0.6 is 0 Å². The largest absolute Gasteiger partial charge is 0.416 e. The lowest BCUT2D eigenvalue weighted by Gasteiger charge is -2.44. The smallest absolute Gasteiger partial charge is 0.195 e. The highest BCUT2D eigenvalue weighted by molar-refractivity contribution is 8.06. The van der Waals surface area contributed by atoms with Gasteiger partial charge in [-0.25, -0.2) is 0 Å². The van der Waals surface area contributed by atoms with Crippen LogP contribution in [0.4, 0.5) is 52.7 Å². The molecule has 0 amide bonds. The lowest BCUT2D eigenvalue weighted by Crippen LogP contribution is -2.74. The Morgan fingerprint density at radius 3 is 1.08 bits per heavy atom. The molecule has 1 unspecified atom stereocenters. The molecule has 0 saturated carbocycles. The molecule has 0 spiro atoms. The Morgan fingerprint density at radius 1 is 0.477 bits per heavy atom. The SMILES string of the molecule is FC(F)(F)c1ccc([B-](c2ccc(C(F)(F)F)cc2)(c2ccc(C(F)(F)F)cc2)c2ccc(C(F)(F)F)cc2)cc1.N#CC(C#N)=CC[S+](=O)(C#Cc1ccccc1)Cc1ccccc1. The fourth-order valence-corrected chi connectivity index (χ4v) is 8.73. The number of hydrogen-bond acceptors (Lipinski definition) is 3. The summed E-state index contributed by atoms with van der Waals surface area (Å²) in [5.41, 5.74) is -2.65. The predicted octanol–water partition coefficient (Wildman–Crippen LogP) is 10.8. The van der Waals surface area contributed by atoms with E-state index in [1.54, 1.807) is 12.1 Å². The van der Waals surface area contributed by atoms with Crippen LogP contribution in [0.1, 0.15) is 33.4 Å². The third kappa shape index (κ3) is 12.4. The highest BCUT2D eigenvalue weighted by Crippen LogP contribution is 2.32. The Morgan fingerprint density at radius 2 is 0.785 bits per heavy atom. The minimum absolute atomic E-state index is 0.0114. The van der Waals surface area contributed by atoms with Crippen molar-refractivity contribution in [3.05, 3.63) is 203 Å². The Labute approximate surface area is 366 Å². The van der Waals surface area contributed by atoms with E-state index in [0.29, 0.717) is 48.5 Å². The van der Waals surface area contributed by atoms with Gasteiger partial charge in [-0.15, -0.1) is 0 Å². The van der Waals surface area contributed by atoms with E-state index >= 15 is 0 Å². The Hall–Kier alpha value is -7.03. The normalized spacial score (nSPS) is 12.8. The fourth-order valence-electron chi connectivity index (χ4n) is 6.99. The summed E-state index contributed by atoms with van der Waals surface area (Å²) in [7, 11) is -2.60. The molecule has 1 atom stereocenters. The van der Waals surface area contributed by atoms with Crippen molar-refractivity contribution in [1.82, 2.24) is 0 Å². The van der Waals surface area contributed by atoms with E-state index in [1.807, 2.05) is 60.7 Å². The Balaban J connectivity index is 0.000000281. The van der Waals surface area contributed by atoms with Crippen LogP contribution in [-0.4, -0.2) is 11.9 Å². The summed E-state index contributed by atoms with van der Waals surface area (Å²) >= 11 is 0. The molecule has 0 heterocycles. The number of rotatable bonds is 8. The number of benzene rings is 6. The van der Waals surface area contributed by atoms with Crippen LogP contribution in [-0.2, 0) is 44.6 Å². The standard InChI is InChI=1S/C28H16BF12.C20H15N2OS/c30-25(31,32)17-1-9-21(10-2-17)29(22-11-3-18(4-12-22)26(33,34)35,23-13-5-19(6-14-23)27(36,37)38)24-15-7-20(8-16-24)28(39,40)41;21-15-20(16-22)12-14-24(23,17-19-9-5-2-6-10-19)13-11-18-7-3-1-4-8-18/h1-16H;1-10,12H,14,17H2/q-1;+1. The van der Waals surface area contributed by atoms with Gasteiger partial charge in [0.1, 0.15) is 29.6 Å². The highest BCUT2D eigenvalue weighted by atomic mass is 32.2. The maximum absolute atomic E-state index is 13.3. The lowest BCUT2D eigenvalue weighted by atomic mass is 9.13. The number of alkyl halides is 12. The van der Waals surface area contributed by atoms with E-state index in [2.05, 4.69) is 11.2 Å². The molecule has 0 radical (unpaired) electrons. The minimum atomic E-state index is -4.77. The van der Waals surface area contributed by atoms with Crippen LogP contribution in [0.3, 0.4) is 0 Å². The van der Waals surface area contributed by atoms with Crippen LogP contribution < -0.4 is 21.9 Å². The molecule has 65 heavy (non-hydrogen) atoms. The molecule has 0 aliphatic rings. The van der Waals surface area contributed by atoms with Gasteiger partial charge in [0.05, 0.1) is 22.3 Å². The second kappa shape index (κ2) is 19.8. The third-order valence-corrected chi connectivity index (χ3v) is 12.1. The van der Waals surface area contributed by atoms with Gasteiger partial charge < -0.3 is 0 Å². The Kier molecular flexibility index (Phi) is 14.9. The van der Waals surface area contributed by atoms with Crippen LogP contribution in [0.15, 0.2) is 169 Å². The highest BCUT2D eigenvalue weighted by Gasteiger charge is 2.38. The van der Waals surface area contributed by atoms with Gasteiger partial charge in [-0.3, -0.25) is 0 Å². The molecule has 0 fully saturated rings. The van der Waals surface area contributed by atoms with Gasteiger partial charge in [-0.1, -0.05) is 150 Å². The van der Waals surface area contributed by atoms with E-state index in [1.165, 1.54) is 6.08 Å². The minimum Gasteiger partial charge on any atom is -0.195 e. The molecule has 0 aliphatic carbocycles. The molecular weight excluding hydrogens is 891 g/mol. The number of nitriles is 2. The molecule has 6 aromatic rings. The van der Waals surface area contributed by atoms with Gasteiger partial charge in [-0.2, -0.15) is 85.1 Å². The Bertz CT molecular complexity index is 2530. The van der Waals surface area contributed by atoms with E-state index in [-0.39, 0.29) is 38.9 Å². The summed E-state index contributed by atoms with van der Waals surface area (Å²) in [4.78, 5) is 0. The van der Waals surface area contributed by atoms with Gasteiger partial charge in [0.15, 0.2) is 20.9 Å². The molecule has 0 bridgehead atoms. The molecule has 0 saturated heterocycles. The molecule has 6 rings (SSSR count). The maximum Gasteiger partial charge on any atom is 0.416 e. The molecule has 17 heteroatoms. The summed E-state index contributed by atoms with van der Waals surface area (Å²) in [5.74, 6) is 3.31. The lowest BCUT2D eigenvalue weighted by molar-refractivity contribution is -0.138. The molecule has 332 valence electrons. The molecular formula is C48H31BF12N2OS. The summed E-state index contributed by atoms with van der Waals surface area (Å²) < 4.78 is 173. The predicted molar refractivity (Wildman–Crippen MR) is 226 cm³/mol. The van der Waals surface area contributed by atoms with Crippen molar-refractivity contribution in [2.24, 2.45) is 0 Å². The fraction of sp³-hybridized carbons (Fsp3) is 0.125. The van der Waals surface area contributed by atoms with Gasteiger partial charge >= 0.3 is 24.7 Å². The van der Waals surface area contributed by atoms with Crippen molar-refractivity contribution in [3.63, 3.8) is 0 Å². The summed E-state index contributed by atoms with van der Waals surface area (Å²) in [6.07, 6.45) is -20.6. The third-order valence-electron chi connectivity index (χ3n) is 10.1. The zero-order valence-electron chi connectivity index (χ0n) is 33.3. The summed E-state index contributed by atoms with van der Waals surface area (Å²) in [6, 6.07) is 35.9. The van der Waals surface area contributed by atoms with Crippen LogP contribution in [0.5, 0.6) is 0 Å². The number of halogens is 12. The van der Waals surface area contributed by atoms with Crippen LogP contribution in [0.25, 0.3) is 0 Å². The summed E-state index contributed by atoms with van der Waals surface area (Å²) in [5, 5.41) is 20.6. The monoisotopic (exact) mass is 922 g/mol. The number of nitrogens with zero attached hydrogens (tertiary/aromatic N) is 2. The van der Waals surface area contributed by atoms with Crippen molar-refractivity contribution in [3.8, 4) is 23.3 Å². The van der Waals surface area contributed by atoms with Crippen molar-refractivity contribution < 1.29 is 56.9 Å². The zero-order chi connectivity index (χ0) is 47.7. The quantitative estimate of drug-likeness (QED) is 0.0502. The average molecular weight is 923 g/mol. The van der Waals surface area contributed by atoms with Crippen molar-refractivity contribution in [1.29, 1.82) is 10.5 Å². The average Bonchev–Trinajstić information content (AvgIpc) is 3.27. The molecule has 3 nitrogen and oxygen atoms in total. The first kappa shape index (κ1) is 49.0. The maximum atomic E-state index is 13.3. The summed E-state index contributed by atoms with van der Waals surface area (Å²) in [6.45, 7) is 0. The van der Waals surface area contributed by atoms with E-state index < -0.39 is 63.0 Å². The van der Waals surface area contributed by atoms with Gasteiger partial charge in [0.2, 0.25) is 0 Å². The van der Waals surface area contributed by atoms with Gasteiger partial charge in [0, 0.05) is 11.1 Å². The number of hydrogen-bond donors (Lipinski definition) is 0. The topological polar surface area (TPSA) is 64.7 Å². The van der Waals surface area contributed by atoms with Crippen LogP contribution in [0.2, 0.25) is 0 Å². The zero-order valence-corrected chi connectivity index (χ0v) is 34.1. The van der Waals surface area contributed by atoms with E-state index in [4.69, 9.17) is 10.5 Å². The first-order valence-electron chi connectivity index (χ1n) is 19.0. The first-order chi connectivity index (χ1) is 30.5.